The maximum absolute atomic E-state index is 13.3. The molecular weight excluding hydrogens is 452 g/mol. The summed E-state index contributed by atoms with van der Waals surface area (Å²) in [5, 5.41) is 7.56. The van der Waals surface area contributed by atoms with Gasteiger partial charge in [0.15, 0.2) is 0 Å². The van der Waals surface area contributed by atoms with Crippen LogP contribution in [0.2, 0.25) is 0 Å². The number of hydrogen-bond donors (Lipinski definition) is 0. The predicted octanol–water partition coefficient (Wildman–Crippen LogP) is 2.71. The number of hydrogen-bond acceptors (Lipinski definition) is 8. The predicted molar refractivity (Wildman–Crippen MR) is 119 cm³/mol. The molecule has 170 valence electrons. The fourth-order valence-corrected chi connectivity index (χ4v) is 5.78. The molecule has 1 aromatic carbocycles. The van der Waals surface area contributed by atoms with Gasteiger partial charge in [-0.3, -0.25) is 4.79 Å². The minimum absolute atomic E-state index is 0.0963. The van der Waals surface area contributed by atoms with E-state index in [0.29, 0.717) is 30.2 Å². The van der Waals surface area contributed by atoms with Crippen LogP contribution in [0.1, 0.15) is 26.6 Å². The number of morpholine rings is 1. The first-order valence-electron chi connectivity index (χ1n) is 10.1. The van der Waals surface area contributed by atoms with Gasteiger partial charge in [-0.15, -0.1) is 11.3 Å². The third-order valence-corrected chi connectivity index (χ3v) is 8.19. The van der Waals surface area contributed by atoms with E-state index in [1.165, 1.54) is 15.3 Å². The third-order valence-electron chi connectivity index (χ3n) is 5.27. The zero-order valence-corrected chi connectivity index (χ0v) is 19.7. The van der Waals surface area contributed by atoms with Gasteiger partial charge in [0.2, 0.25) is 10.0 Å². The molecule has 0 spiro atoms. The van der Waals surface area contributed by atoms with Gasteiger partial charge in [-0.2, -0.15) is 4.31 Å². The van der Waals surface area contributed by atoms with Gasteiger partial charge < -0.3 is 9.64 Å². The highest BCUT2D eigenvalue weighted by atomic mass is 32.2. The Hall–Kier alpha value is -2.60. The smallest absolute Gasteiger partial charge is 0.254 e. The Morgan fingerprint density at radius 2 is 1.91 bits per heavy atom. The van der Waals surface area contributed by atoms with Crippen LogP contribution in [0.5, 0.6) is 0 Å². The third kappa shape index (κ3) is 4.60. The number of aryl methyl sites for hydroxylation is 2. The molecule has 0 atom stereocenters. The molecule has 0 radical (unpaired) electrons. The van der Waals surface area contributed by atoms with Gasteiger partial charge in [0.05, 0.1) is 24.7 Å². The number of carbonyl (C=O) groups is 1. The van der Waals surface area contributed by atoms with Crippen molar-refractivity contribution in [2.24, 2.45) is 0 Å². The SMILES string of the molecule is Cc1ccc(-c2cc(C(=O)N(C)Cc3nonc3C)cc(S(=O)(=O)N3CCOCC3)c2)s1. The standard InChI is InChI=1S/C21H24N4O5S2/c1-14-4-5-20(31-14)16-10-17(21(26)24(3)13-19-15(2)22-30-23-19)12-18(11-16)32(27,28)25-6-8-29-9-7-25/h4-5,10-12H,6-9,13H2,1-3H3. The van der Waals surface area contributed by atoms with E-state index in [0.717, 1.165) is 9.75 Å². The summed E-state index contributed by atoms with van der Waals surface area (Å²) in [5.41, 5.74) is 2.13. The number of aromatic nitrogens is 2. The molecule has 11 heteroatoms. The van der Waals surface area contributed by atoms with Crippen LogP contribution >= 0.6 is 11.3 Å². The van der Waals surface area contributed by atoms with E-state index < -0.39 is 10.0 Å². The van der Waals surface area contributed by atoms with Crippen molar-refractivity contribution in [3.05, 3.63) is 52.2 Å². The Morgan fingerprint density at radius 1 is 1.16 bits per heavy atom. The number of benzene rings is 1. The molecule has 0 N–H and O–H groups in total. The lowest BCUT2D eigenvalue weighted by atomic mass is 10.1. The Balaban J connectivity index is 1.73. The van der Waals surface area contributed by atoms with Gasteiger partial charge in [-0.05, 0) is 49.7 Å². The largest absolute Gasteiger partial charge is 0.379 e. The lowest BCUT2D eigenvalue weighted by molar-refractivity contribution is 0.0730. The fourth-order valence-electron chi connectivity index (χ4n) is 3.45. The summed E-state index contributed by atoms with van der Waals surface area (Å²) in [6, 6.07) is 8.72. The molecular formula is C21H24N4O5S2. The summed E-state index contributed by atoms with van der Waals surface area (Å²) in [4.78, 5) is 16.8. The molecule has 0 saturated carbocycles. The second-order valence-corrected chi connectivity index (χ2v) is 10.9. The molecule has 3 aromatic rings. The molecule has 1 amide bonds. The molecule has 1 saturated heterocycles. The maximum atomic E-state index is 13.3. The zero-order valence-electron chi connectivity index (χ0n) is 18.1. The first kappa shape index (κ1) is 22.6. The Kier molecular flexibility index (Phi) is 6.42. The van der Waals surface area contributed by atoms with E-state index in [1.54, 1.807) is 37.4 Å². The van der Waals surface area contributed by atoms with Crippen molar-refractivity contribution in [3.63, 3.8) is 0 Å². The van der Waals surface area contributed by atoms with Crippen molar-refractivity contribution in [2.75, 3.05) is 33.4 Å². The number of rotatable bonds is 6. The maximum Gasteiger partial charge on any atom is 0.254 e. The van der Waals surface area contributed by atoms with Crippen molar-refractivity contribution in [1.82, 2.24) is 19.5 Å². The second kappa shape index (κ2) is 9.10. The van der Waals surface area contributed by atoms with E-state index in [9.17, 15) is 13.2 Å². The molecule has 0 aliphatic carbocycles. The van der Waals surface area contributed by atoms with Crippen molar-refractivity contribution in [2.45, 2.75) is 25.3 Å². The van der Waals surface area contributed by atoms with Crippen LogP contribution in [0, 0.1) is 13.8 Å². The molecule has 1 fully saturated rings. The number of sulfonamides is 1. The molecule has 3 heterocycles. The van der Waals surface area contributed by atoms with E-state index in [4.69, 9.17) is 9.37 Å². The molecule has 2 aromatic heterocycles. The molecule has 32 heavy (non-hydrogen) atoms. The molecule has 9 nitrogen and oxygen atoms in total. The van der Waals surface area contributed by atoms with Gasteiger partial charge in [-0.1, -0.05) is 10.3 Å². The summed E-state index contributed by atoms with van der Waals surface area (Å²) in [7, 11) is -2.14. The number of amides is 1. The highest BCUT2D eigenvalue weighted by Gasteiger charge is 2.28. The average Bonchev–Trinajstić information content (AvgIpc) is 3.41. The van der Waals surface area contributed by atoms with Gasteiger partial charge in [0.1, 0.15) is 11.4 Å². The van der Waals surface area contributed by atoms with E-state index in [2.05, 4.69) is 10.3 Å². The van der Waals surface area contributed by atoms with Gasteiger partial charge in [-0.25, -0.2) is 13.0 Å². The summed E-state index contributed by atoms with van der Waals surface area (Å²) >= 11 is 1.55. The molecule has 1 aliphatic rings. The summed E-state index contributed by atoms with van der Waals surface area (Å²) in [6.07, 6.45) is 0. The van der Waals surface area contributed by atoms with Crippen molar-refractivity contribution in [1.29, 1.82) is 0 Å². The Labute approximate surface area is 190 Å². The molecule has 0 unspecified atom stereocenters. The second-order valence-electron chi connectivity index (χ2n) is 7.63. The summed E-state index contributed by atoms with van der Waals surface area (Å²) in [6.45, 7) is 5.19. The van der Waals surface area contributed by atoms with Crippen LogP contribution in [-0.4, -0.2) is 67.2 Å². The number of carbonyl (C=O) groups excluding carboxylic acids is 1. The Morgan fingerprint density at radius 3 is 2.53 bits per heavy atom. The summed E-state index contributed by atoms with van der Waals surface area (Å²) < 4.78 is 38.1. The van der Waals surface area contributed by atoms with Gasteiger partial charge in [0.25, 0.3) is 5.91 Å². The van der Waals surface area contributed by atoms with Gasteiger partial charge in [0, 0.05) is 35.5 Å². The highest BCUT2D eigenvalue weighted by Crippen LogP contribution is 2.32. The van der Waals surface area contributed by atoms with Gasteiger partial charge >= 0.3 is 0 Å². The average molecular weight is 477 g/mol. The lowest BCUT2D eigenvalue weighted by Gasteiger charge is -2.26. The molecule has 1 aliphatic heterocycles. The number of nitrogens with zero attached hydrogens (tertiary/aromatic N) is 4. The van der Waals surface area contributed by atoms with Crippen LogP contribution in [0.25, 0.3) is 10.4 Å². The first-order chi connectivity index (χ1) is 15.3. The van der Waals surface area contributed by atoms with Crippen LogP contribution in [0.4, 0.5) is 0 Å². The lowest BCUT2D eigenvalue weighted by Crippen LogP contribution is -2.40. The first-order valence-corrected chi connectivity index (χ1v) is 12.3. The number of thiophene rings is 1. The highest BCUT2D eigenvalue weighted by molar-refractivity contribution is 7.89. The normalized spacial score (nSPS) is 15.1. The molecule has 4 rings (SSSR count). The van der Waals surface area contributed by atoms with Crippen LogP contribution in [0.3, 0.4) is 0 Å². The van der Waals surface area contributed by atoms with Crippen LogP contribution < -0.4 is 0 Å². The quantitative estimate of drug-likeness (QED) is 0.538. The van der Waals surface area contributed by atoms with Crippen LogP contribution in [0.15, 0.2) is 39.9 Å². The van der Waals surface area contributed by atoms with E-state index in [1.807, 2.05) is 19.1 Å². The Bertz CT molecular complexity index is 1230. The zero-order chi connectivity index (χ0) is 22.9. The van der Waals surface area contributed by atoms with Crippen molar-refractivity contribution in [3.8, 4) is 10.4 Å². The van der Waals surface area contributed by atoms with Crippen LogP contribution in [-0.2, 0) is 21.3 Å². The van der Waals surface area contributed by atoms with Crippen molar-refractivity contribution < 1.29 is 22.6 Å². The minimum Gasteiger partial charge on any atom is -0.379 e. The number of ether oxygens (including phenoxy) is 1. The molecule has 0 bridgehead atoms. The monoisotopic (exact) mass is 476 g/mol. The fraction of sp³-hybridized carbons (Fsp3) is 0.381. The minimum atomic E-state index is -3.77. The van der Waals surface area contributed by atoms with E-state index >= 15 is 0 Å². The van der Waals surface area contributed by atoms with Crippen molar-refractivity contribution >= 4 is 27.3 Å². The summed E-state index contributed by atoms with van der Waals surface area (Å²) in [5.74, 6) is -0.319. The topological polar surface area (TPSA) is 106 Å². The van der Waals surface area contributed by atoms with E-state index in [-0.39, 0.29) is 36.0 Å².